The van der Waals surface area contributed by atoms with Crippen molar-refractivity contribution in [2.75, 3.05) is 6.54 Å². The van der Waals surface area contributed by atoms with Gasteiger partial charge in [-0.25, -0.2) is 4.98 Å². The lowest BCUT2D eigenvalue weighted by molar-refractivity contribution is 0.00278. The van der Waals surface area contributed by atoms with Crippen molar-refractivity contribution in [1.82, 2.24) is 14.9 Å². The van der Waals surface area contributed by atoms with Crippen LogP contribution >= 0.6 is 0 Å². The second kappa shape index (κ2) is 5.55. The van der Waals surface area contributed by atoms with Crippen LogP contribution in [0.25, 0.3) is 0 Å². The molecule has 1 aromatic heterocycles. The Hall–Kier alpha value is -1.65. The zero-order valence-electron chi connectivity index (χ0n) is 11.2. The summed E-state index contributed by atoms with van der Waals surface area (Å²) in [4.78, 5) is 4.24. The van der Waals surface area contributed by atoms with E-state index in [1.807, 2.05) is 12.4 Å². The van der Waals surface area contributed by atoms with Gasteiger partial charge in [0.15, 0.2) is 0 Å². The van der Waals surface area contributed by atoms with Gasteiger partial charge in [-0.15, -0.1) is 0 Å². The van der Waals surface area contributed by atoms with Crippen LogP contribution in [0.5, 0.6) is 0 Å². The topological polar surface area (TPSA) is 39.1 Å². The first-order valence-corrected chi connectivity index (χ1v) is 6.69. The van der Waals surface area contributed by atoms with Crippen molar-refractivity contribution < 1.29 is 4.74 Å². The number of aromatic nitrogens is 2. The van der Waals surface area contributed by atoms with Crippen molar-refractivity contribution in [3.8, 4) is 0 Å². The fourth-order valence-electron chi connectivity index (χ4n) is 2.32. The average Bonchev–Trinajstić information content (AvgIpc) is 2.88. The molecule has 0 saturated heterocycles. The minimum atomic E-state index is 0.229. The first-order chi connectivity index (χ1) is 9.31. The number of nitrogens with zero attached hydrogens (tertiary/aromatic N) is 2. The van der Waals surface area contributed by atoms with Crippen LogP contribution < -0.4 is 5.32 Å². The Morgan fingerprint density at radius 3 is 3.05 bits per heavy atom. The Morgan fingerprint density at radius 1 is 1.37 bits per heavy atom. The van der Waals surface area contributed by atoms with Crippen molar-refractivity contribution in [3.63, 3.8) is 0 Å². The van der Waals surface area contributed by atoms with Crippen LogP contribution in [0.2, 0.25) is 0 Å². The lowest BCUT2D eigenvalue weighted by atomic mass is 10.1. The number of rotatable bonds is 4. The molecule has 1 aromatic carbocycles. The first kappa shape index (κ1) is 12.4. The summed E-state index contributed by atoms with van der Waals surface area (Å²) in [6.07, 6.45) is 4.08. The van der Waals surface area contributed by atoms with Crippen LogP contribution in [-0.4, -0.2) is 22.2 Å². The van der Waals surface area contributed by atoms with E-state index < -0.39 is 0 Å². The van der Waals surface area contributed by atoms with Crippen molar-refractivity contribution in [3.05, 3.63) is 53.6 Å². The van der Waals surface area contributed by atoms with Gasteiger partial charge in [0.2, 0.25) is 0 Å². The van der Waals surface area contributed by atoms with Gasteiger partial charge < -0.3 is 14.6 Å². The number of ether oxygens (including phenoxy) is 1. The molecule has 0 saturated carbocycles. The zero-order chi connectivity index (χ0) is 13.1. The van der Waals surface area contributed by atoms with Crippen molar-refractivity contribution in [2.24, 2.45) is 0 Å². The van der Waals surface area contributed by atoms with E-state index in [1.165, 1.54) is 11.1 Å². The zero-order valence-corrected chi connectivity index (χ0v) is 11.2. The smallest absolute Gasteiger partial charge is 0.134 e. The normalized spacial score (nSPS) is 18.3. The van der Waals surface area contributed by atoms with E-state index in [1.54, 1.807) is 0 Å². The van der Waals surface area contributed by atoms with Crippen LogP contribution in [0.3, 0.4) is 0 Å². The van der Waals surface area contributed by atoms with Gasteiger partial charge >= 0.3 is 0 Å². The third-order valence-corrected chi connectivity index (χ3v) is 3.47. The quantitative estimate of drug-likeness (QED) is 0.909. The van der Waals surface area contributed by atoms with Gasteiger partial charge in [0.25, 0.3) is 0 Å². The molecule has 1 aliphatic heterocycles. The minimum Gasteiger partial charge on any atom is -0.367 e. The molecule has 0 amide bonds. The summed E-state index contributed by atoms with van der Waals surface area (Å²) in [5.74, 6) is 1.02. The number of nitrogens with one attached hydrogen (secondary N) is 1. The number of imidazole rings is 1. The van der Waals surface area contributed by atoms with Crippen LogP contribution in [-0.2, 0) is 24.4 Å². The summed E-state index contributed by atoms with van der Waals surface area (Å²) >= 11 is 0. The van der Waals surface area contributed by atoms with E-state index in [4.69, 9.17) is 4.74 Å². The Kier molecular flexibility index (Phi) is 3.62. The molecule has 2 heterocycles. The summed E-state index contributed by atoms with van der Waals surface area (Å²) in [6, 6.07) is 8.62. The standard InChI is InChI=1S/C15H19N3O/c1-12-2-4-13(5-3-12)8-16-9-14-10-18-7-6-17-15(18)11-19-14/h2-7,14,16H,8-11H2,1H3. The van der Waals surface area contributed by atoms with Gasteiger partial charge in [0.1, 0.15) is 12.4 Å². The molecule has 4 heteroatoms. The maximum atomic E-state index is 5.77. The second-order valence-electron chi connectivity index (χ2n) is 5.05. The SMILES string of the molecule is Cc1ccc(CNCC2Cn3ccnc3CO2)cc1. The van der Waals surface area contributed by atoms with Crippen molar-refractivity contribution >= 4 is 0 Å². The highest BCUT2D eigenvalue weighted by Gasteiger charge is 2.18. The van der Waals surface area contributed by atoms with Gasteiger partial charge in [-0.3, -0.25) is 0 Å². The average molecular weight is 257 g/mol. The molecular weight excluding hydrogens is 238 g/mol. The molecule has 19 heavy (non-hydrogen) atoms. The fourth-order valence-corrected chi connectivity index (χ4v) is 2.32. The third kappa shape index (κ3) is 3.03. The molecular formula is C15H19N3O. The summed E-state index contributed by atoms with van der Waals surface area (Å²) in [5.41, 5.74) is 2.61. The van der Waals surface area contributed by atoms with Gasteiger partial charge in [-0.1, -0.05) is 29.8 Å². The number of benzene rings is 1. The molecule has 0 bridgehead atoms. The molecule has 1 N–H and O–H groups in total. The van der Waals surface area contributed by atoms with Crippen LogP contribution in [0, 0.1) is 6.92 Å². The van der Waals surface area contributed by atoms with E-state index in [2.05, 4.69) is 46.1 Å². The highest BCUT2D eigenvalue weighted by atomic mass is 16.5. The predicted octanol–water partition coefficient (Wildman–Crippen LogP) is 1.88. The molecule has 2 aromatic rings. The van der Waals surface area contributed by atoms with Gasteiger partial charge in [-0.2, -0.15) is 0 Å². The van der Waals surface area contributed by atoms with Crippen LogP contribution in [0.1, 0.15) is 17.0 Å². The molecule has 100 valence electrons. The molecule has 1 unspecified atom stereocenters. The lowest BCUT2D eigenvalue weighted by Gasteiger charge is -2.24. The van der Waals surface area contributed by atoms with Crippen molar-refractivity contribution in [2.45, 2.75) is 32.7 Å². The van der Waals surface area contributed by atoms with E-state index in [-0.39, 0.29) is 6.10 Å². The molecule has 0 aliphatic carbocycles. The molecule has 1 aliphatic rings. The summed E-state index contributed by atoms with van der Waals surface area (Å²) in [5, 5.41) is 3.46. The maximum Gasteiger partial charge on any atom is 0.134 e. The van der Waals surface area contributed by atoms with Crippen molar-refractivity contribution in [1.29, 1.82) is 0 Å². The van der Waals surface area contributed by atoms with E-state index in [9.17, 15) is 0 Å². The number of hydrogen-bond donors (Lipinski definition) is 1. The maximum absolute atomic E-state index is 5.77. The minimum absolute atomic E-state index is 0.229. The van der Waals surface area contributed by atoms with E-state index >= 15 is 0 Å². The highest BCUT2D eigenvalue weighted by molar-refractivity contribution is 5.21. The number of aryl methyl sites for hydroxylation is 1. The van der Waals surface area contributed by atoms with E-state index in [0.717, 1.165) is 25.5 Å². The Balaban J connectivity index is 1.47. The molecule has 0 spiro atoms. The van der Waals surface area contributed by atoms with Crippen LogP contribution in [0.15, 0.2) is 36.7 Å². The monoisotopic (exact) mass is 257 g/mol. The largest absolute Gasteiger partial charge is 0.367 e. The van der Waals surface area contributed by atoms with Crippen LogP contribution in [0.4, 0.5) is 0 Å². The van der Waals surface area contributed by atoms with Gasteiger partial charge in [0.05, 0.1) is 12.6 Å². The number of hydrogen-bond acceptors (Lipinski definition) is 3. The van der Waals surface area contributed by atoms with Gasteiger partial charge in [0, 0.05) is 25.5 Å². The Bertz CT molecular complexity index is 533. The highest BCUT2D eigenvalue weighted by Crippen LogP contribution is 2.11. The molecule has 3 rings (SSSR count). The summed E-state index contributed by atoms with van der Waals surface area (Å²) in [7, 11) is 0. The molecule has 0 radical (unpaired) electrons. The molecule has 0 fully saturated rings. The predicted molar refractivity (Wildman–Crippen MR) is 73.7 cm³/mol. The Labute approximate surface area is 113 Å². The third-order valence-electron chi connectivity index (χ3n) is 3.47. The molecule has 4 nitrogen and oxygen atoms in total. The van der Waals surface area contributed by atoms with Gasteiger partial charge in [-0.05, 0) is 12.5 Å². The summed E-state index contributed by atoms with van der Waals surface area (Å²) < 4.78 is 7.94. The first-order valence-electron chi connectivity index (χ1n) is 6.69. The molecule has 1 atom stereocenters. The number of fused-ring (bicyclic) bond motifs is 1. The fraction of sp³-hybridized carbons (Fsp3) is 0.400. The summed E-state index contributed by atoms with van der Waals surface area (Å²) in [6.45, 7) is 5.36. The lowest BCUT2D eigenvalue weighted by Crippen LogP contribution is -2.35. The second-order valence-corrected chi connectivity index (χ2v) is 5.05. The van der Waals surface area contributed by atoms with E-state index in [0.29, 0.717) is 6.61 Å². The Morgan fingerprint density at radius 2 is 2.21 bits per heavy atom.